The van der Waals surface area contributed by atoms with Gasteiger partial charge in [-0.3, -0.25) is 4.79 Å². The number of likely N-dealkylation sites (tertiary alicyclic amines) is 1. The first-order valence-corrected chi connectivity index (χ1v) is 10.3. The largest absolute Gasteiger partial charge is 0.381 e. The number of nitrogens with one attached hydrogen (secondary N) is 1. The van der Waals surface area contributed by atoms with Crippen molar-refractivity contribution >= 4 is 17.4 Å². The average Bonchev–Trinajstić information content (AvgIpc) is 3.41. The molecule has 1 aromatic rings. The van der Waals surface area contributed by atoms with Crippen LogP contribution in [0.5, 0.6) is 0 Å². The van der Waals surface area contributed by atoms with E-state index in [0.29, 0.717) is 11.9 Å². The van der Waals surface area contributed by atoms with Crippen LogP contribution in [0.15, 0.2) is 18.3 Å². The molecule has 2 aliphatic heterocycles. The summed E-state index contributed by atoms with van der Waals surface area (Å²) in [5.41, 5.74) is 1.34. The lowest BCUT2D eigenvalue weighted by Crippen LogP contribution is -2.36. The number of anilines is 2. The molecule has 1 aromatic heterocycles. The topological polar surface area (TPSA) is 57.7 Å². The molecule has 0 radical (unpaired) electrons. The van der Waals surface area contributed by atoms with E-state index in [2.05, 4.69) is 21.3 Å². The van der Waals surface area contributed by atoms with Gasteiger partial charge < -0.3 is 19.9 Å². The number of pyridine rings is 1. The summed E-state index contributed by atoms with van der Waals surface area (Å²) in [4.78, 5) is 21.6. The fraction of sp³-hybridized carbons (Fsp3) is 0.714. The van der Waals surface area contributed by atoms with E-state index in [1.54, 1.807) is 0 Å². The highest BCUT2D eigenvalue weighted by Gasteiger charge is 2.58. The van der Waals surface area contributed by atoms with Gasteiger partial charge in [0.25, 0.3) is 0 Å². The van der Waals surface area contributed by atoms with E-state index in [-0.39, 0.29) is 11.3 Å². The van der Waals surface area contributed by atoms with Crippen LogP contribution in [-0.4, -0.2) is 62.2 Å². The molecule has 3 aliphatic rings. The smallest absolute Gasteiger partial charge is 0.226 e. The van der Waals surface area contributed by atoms with Crippen LogP contribution in [0.4, 0.5) is 11.5 Å². The first-order chi connectivity index (χ1) is 13.1. The van der Waals surface area contributed by atoms with Crippen LogP contribution >= 0.6 is 0 Å². The van der Waals surface area contributed by atoms with Crippen molar-refractivity contribution < 1.29 is 9.53 Å². The van der Waals surface area contributed by atoms with Crippen LogP contribution in [0.25, 0.3) is 0 Å². The number of amides is 1. The summed E-state index contributed by atoms with van der Waals surface area (Å²) in [6.07, 6.45) is 8.29. The predicted molar refractivity (Wildman–Crippen MR) is 107 cm³/mol. The molecule has 27 heavy (non-hydrogen) atoms. The summed E-state index contributed by atoms with van der Waals surface area (Å²) < 4.78 is 5.49. The maximum Gasteiger partial charge on any atom is 0.226 e. The molecule has 4 rings (SSSR count). The van der Waals surface area contributed by atoms with Gasteiger partial charge in [-0.05, 0) is 56.1 Å². The Morgan fingerprint density at radius 3 is 2.78 bits per heavy atom. The highest BCUT2D eigenvalue weighted by molar-refractivity contribution is 5.82. The highest BCUT2D eigenvalue weighted by Crippen LogP contribution is 2.59. The van der Waals surface area contributed by atoms with Gasteiger partial charge in [-0.2, -0.15) is 0 Å². The van der Waals surface area contributed by atoms with Crippen LogP contribution in [-0.2, 0) is 9.53 Å². The van der Waals surface area contributed by atoms with Crippen molar-refractivity contribution in [3.05, 3.63) is 18.3 Å². The number of hydrogen-bond acceptors (Lipinski definition) is 5. The molecule has 6 heteroatoms. The lowest BCUT2D eigenvalue weighted by atomic mass is 9.93. The first-order valence-electron chi connectivity index (χ1n) is 10.3. The van der Waals surface area contributed by atoms with Crippen LogP contribution in [0, 0.1) is 11.3 Å². The van der Waals surface area contributed by atoms with Gasteiger partial charge in [0.05, 0.1) is 11.9 Å². The molecule has 0 aromatic carbocycles. The zero-order valence-corrected chi connectivity index (χ0v) is 16.6. The van der Waals surface area contributed by atoms with E-state index in [9.17, 15) is 4.79 Å². The van der Waals surface area contributed by atoms with Crippen molar-refractivity contribution in [2.75, 3.05) is 50.6 Å². The molecule has 1 amide bonds. The molecule has 1 spiro atoms. The SMILES string of the molecule is CN(C)c1ccc(N[C@H]2CCCN(C(=O)[C@H]3CC34CCOCC4)CC2)cn1. The number of carbonyl (C=O) groups excluding carboxylic acids is 1. The van der Waals surface area contributed by atoms with Crippen molar-refractivity contribution in [1.29, 1.82) is 0 Å². The molecule has 1 aliphatic carbocycles. The van der Waals surface area contributed by atoms with E-state index in [4.69, 9.17) is 4.74 Å². The summed E-state index contributed by atoms with van der Waals surface area (Å²) >= 11 is 0. The van der Waals surface area contributed by atoms with Gasteiger partial charge in [0.1, 0.15) is 5.82 Å². The monoisotopic (exact) mass is 372 g/mol. The zero-order chi connectivity index (χ0) is 18.9. The number of ether oxygens (including phenoxy) is 1. The molecule has 3 heterocycles. The van der Waals surface area contributed by atoms with Gasteiger partial charge in [0.15, 0.2) is 0 Å². The van der Waals surface area contributed by atoms with Gasteiger partial charge in [-0.25, -0.2) is 4.98 Å². The molecular weight excluding hydrogens is 340 g/mol. The number of carbonyl (C=O) groups is 1. The number of nitrogens with zero attached hydrogens (tertiary/aromatic N) is 3. The molecular formula is C21H32N4O2. The molecule has 0 unspecified atom stereocenters. The van der Waals surface area contributed by atoms with Crippen molar-refractivity contribution in [2.45, 2.75) is 44.6 Å². The molecule has 2 saturated heterocycles. The summed E-state index contributed by atoms with van der Waals surface area (Å²) in [5.74, 6) is 1.62. The quantitative estimate of drug-likeness (QED) is 0.881. The van der Waals surface area contributed by atoms with E-state index >= 15 is 0 Å². The minimum Gasteiger partial charge on any atom is -0.381 e. The Morgan fingerprint density at radius 2 is 2.07 bits per heavy atom. The lowest BCUT2D eigenvalue weighted by molar-refractivity contribution is -0.134. The lowest BCUT2D eigenvalue weighted by Gasteiger charge is -2.26. The van der Waals surface area contributed by atoms with Crippen LogP contribution in [0.2, 0.25) is 0 Å². The third-order valence-corrected chi connectivity index (χ3v) is 6.59. The minimum atomic E-state index is 0.258. The molecule has 6 nitrogen and oxygen atoms in total. The van der Waals surface area contributed by atoms with Crippen LogP contribution < -0.4 is 10.2 Å². The van der Waals surface area contributed by atoms with E-state index in [1.807, 2.05) is 31.3 Å². The Morgan fingerprint density at radius 1 is 1.26 bits per heavy atom. The molecule has 3 fully saturated rings. The van der Waals surface area contributed by atoms with E-state index in [1.165, 1.54) is 0 Å². The van der Waals surface area contributed by atoms with E-state index in [0.717, 1.165) is 76.3 Å². The number of hydrogen-bond donors (Lipinski definition) is 1. The van der Waals surface area contributed by atoms with Gasteiger partial charge in [-0.15, -0.1) is 0 Å². The van der Waals surface area contributed by atoms with Gasteiger partial charge >= 0.3 is 0 Å². The zero-order valence-electron chi connectivity index (χ0n) is 16.6. The Bertz CT molecular complexity index is 655. The maximum absolute atomic E-state index is 13.0. The fourth-order valence-electron chi connectivity index (χ4n) is 4.68. The van der Waals surface area contributed by atoms with Gasteiger partial charge in [-0.1, -0.05) is 0 Å². The average molecular weight is 373 g/mol. The highest BCUT2D eigenvalue weighted by atomic mass is 16.5. The third-order valence-electron chi connectivity index (χ3n) is 6.59. The Hall–Kier alpha value is -1.82. The summed E-state index contributed by atoms with van der Waals surface area (Å²) in [6.45, 7) is 3.42. The molecule has 2 atom stereocenters. The number of aromatic nitrogens is 1. The minimum absolute atomic E-state index is 0.258. The predicted octanol–water partition coefficient (Wildman–Crippen LogP) is 2.76. The first kappa shape index (κ1) is 18.5. The van der Waals surface area contributed by atoms with Crippen molar-refractivity contribution in [1.82, 2.24) is 9.88 Å². The van der Waals surface area contributed by atoms with E-state index < -0.39 is 0 Å². The summed E-state index contributed by atoms with van der Waals surface area (Å²) in [7, 11) is 3.99. The second kappa shape index (κ2) is 7.66. The van der Waals surface area contributed by atoms with Crippen molar-refractivity contribution in [2.24, 2.45) is 11.3 Å². The van der Waals surface area contributed by atoms with Crippen molar-refractivity contribution in [3.63, 3.8) is 0 Å². The molecule has 0 bridgehead atoms. The Labute approximate surface area is 162 Å². The third kappa shape index (κ3) is 4.05. The van der Waals surface area contributed by atoms with Gasteiger partial charge in [0.2, 0.25) is 5.91 Å². The van der Waals surface area contributed by atoms with Crippen LogP contribution in [0.1, 0.15) is 38.5 Å². The standard InChI is InChI=1S/C21H32N4O2/c1-24(2)19-6-5-17(15-22-19)23-16-4-3-10-25(11-7-16)20(26)18-14-21(18)8-12-27-13-9-21/h5-6,15-16,18,23H,3-4,7-14H2,1-2H3/t16-,18+/m0/s1. The molecule has 148 valence electrons. The van der Waals surface area contributed by atoms with Crippen molar-refractivity contribution in [3.8, 4) is 0 Å². The normalized spacial score (nSPS) is 27.1. The fourth-order valence-corrected chi connectivity index (χ4v) is 4.68. The Kier molecular flexibility index (Phi) is 5.26. The summed E-state index contributed by atoms with van der Waals surface area (Å²) in [6, 6.07) is 4.54. The molecule has 1 N–H and O–H groups in total. The Balaban J connectivity index is 1.29. The molecule has 1 saturated carbocycles. The second-order valence-corrected chi connectivity index (χ2v) is 8.63. The van der Waals surface area contributed by atoms with Crippen LogP contribution in [0.3, 0.4) is 0 Å². The number of rotatable bonds is 4. The van der Waals surface area contributed by atoms with Gasteiger partial charge in [0, 0.05) is 52.4 Å². The second-order valence-electron chi connectivity index (χ2n) is 8.63. The maximum atomic E-state index is 13.0. The summed E-state index contributed by atoms with van der Waals surface area (Å²) in [5, 5.41) is 3.61.